The first kappa shape index (κ1) is 17.3. The van der Waals surface area contributed by atoms with E-state index in [1.807, 2.05) is 11.3 Å². The van der Waals surface area contributed by atoms with Gasteiger partial charge in [-0.3, -0.25) is 0 Å². The van der Waals surface area contributed by atoms with Gasteiger partial charge in [-0.15, -0.1) is 11.3 Å². The van der Waals surface area contributed by atoms with Crippen LogP contribution in [0.2, 0.25) is 0 Å². The van der Waals surface area contributed by atoms with Gasteiger partial charge in [-0.25, -0.2) is 4.99 Å². The van der Waals surface area contributed by atoms with Gasteiger partial charge in [0.1, 0.15) is 0 Å². The molecule has 1 aliphatic rings. The average molecular weight is 324 g/mol. The van der Waals surface area contributed by atoms with Crippen LogP contribution in [0.25, 0.3) is 0 Å². The van der Waals surface area contributed by atoms with Crippen LogP contribution in [-0.2, 0) is 11.3 Å². The molecule has 0 aliphatic heterocycles. The molecule has 1 heterocycles. The molecule has 22 heavy (non-hydrogen) atoms. The van der Waals surface area contributed by atoms with Crippen molar-refractivity contribution < 1.29 is 4.74 Å². The number of aliphatic imine (C=N–C) groups is 1. The molecule has 1 aromatic rings. The highest BCUT2D eigenvalue weighted by molar-refractivity contribution is 7.11. The number of hydrogen-bond donors (Lipinski definition) is 2. The van der Waals surface area contributed by atoms with E-state index in [2.05, 4.69) is 41.6 Å². The van der Waals surface area contributed by atoms with E-state index in [0.29, 0.717) is 6.10 Å². The average Bonchev–Trinajstić information content (AvgIpc) is 3.16. The standard InChI is InChI=1S/C17H29N3OS/c1-3-18-17(20-13-16-10-9-14(2)22-16)19-11-6-12-21-15-7-4-5-8-15/h9-10,15H,3-8,11-13H2,1-2H3,(H2,18,19,20). The minimum absolute atomic E-state index is 0.518. The molecule has 1 aliphatic carbocycles. The van der Waals surface area contributed by atoms with Crippen LogP contribution in [0, 0.1) is 6.92 Å². The quantitative estimate of drug-likeness (QED) is 0.437. The molecule has 124 valence electrons. The molecule has 0 radical (unpaired) electrons. The van der Waals surface area contributed by atoms with Crippen molar-refractivity contribution in [2.75, 3.05) is 19.7 Å². The van der Waals surface area contributed by atoms with Gasteiger partial charge in [-0.2, -0.15) is 0 Å². The smallest absolute Gasteiger partial charge is 0.191 e. The third-order valence-corrected chi connectivity index (χ3v) is 4.79. The fourth-order valence-electron chi connectivity index (χ4n) is 2.65. The summed E-state index contributed by atoms with van der Waals surface area (Å²) in [6, 6.07) is 4.30. The summed E-state index contributed by atoms with van der Waals surface area (Å²) in [5.41, 5.74) is 0. The normalized spacial score (nSPS) is 16.2. The lowest BCUT2D eigenvalue weighted by Gasteiger charge is -2.13. The lowest BCUT2D eigenvalue weighted by Crippen LogP contribution is -2.38. The molecule has 0 aromatic carbocycles. The Hall–Kier alpha value is -1.07. The van der Waals surface area contributed by atoms with E-state index in [4.69, 9.17) is 4.74 Å². The predicted octanol–water partition coefficient (Wildman–Crippen LogP) is 3.46. The number of guanidine groups is 1. The zero-order chi connectivity index (χ0) is 15.6. The van der Waals surface area contributed by atoms with Crippen LogP contribution in [0.4, 0.5) is 0 Å². The molecule has 0 bridgehead atoms. The molecule has 0 atom stereocenters. The molecule has 0 saturated heterocycles. The van der Waals surface area contributed by atoms with Gasteiger partial charge in [0.25, 0.3) is 0 Å². The van der Waals surface area contributed by atoms with E-state index < -0.39 is 0 Å². The molecule has 1 aromatic heterocycles. The van der Waals surface area contributed by atoms with E-state index in [1.165, 1.54) is 35.4 Å². The maximum atomic E-state index is 5.88. The summed E-state index contributed by atoms with van der Waals surface area (Å²) in [7, 11) is 0. The van der Waals surface area contributed by atoms with E-state index >= 15 is 0 Å². The van der Waals surface area contributed by atoms with Crippen molar-refractivity contribution in [3.8, 4) is 0 Å². The number of nitrogens with one attached hydrogen (secondary N) is 2. The summed E-state index contributed by atoms with van der Waals surface area (Å²) in [4.78, 5) is 7.28. The maximum Gasteiger partial charge on any atom is 0.191 e. The monoisotopic (exact) mass is 323 g/mol. The Morgan fingerprint density at radius 1 is 1.32 bits per heavy atom. The summed E-state index contributed by atoms with van der Waals surface area (Å²) in [6.07, 6.45) is 6.71. The highest BCUT2D eigenvalue weighted by Gasteiger charge is 2.14. The number of thiophene rings is 1. The van der Waals surface area contributed by atoms with Gasteiger partial charge in [0.15, 0.2) is 5.96 Å². The molecule has 2 N–H and O–H groups in total. The number of aryl methyl sites for hydroxylation is 1. The first-order valence-electron chi connectivity index (χ1n) is 8.47. The topological polar surface area (TPSA) is 45.7 Å². The van der Waals surface area contributed by atoms with Crippen molar-refractivity contribution in [3.05, 3.63) is 21.9 Å². The van der Waals surface area contributed by atoms with Crippen LogP contribution >= 0.6 is 11.3 Å². The maximum absolute atomic E-state index is 5.88. The van der Waals surface area contributed by atoms with Gasteiger partial charge < -0.3 is 15.4 Å². The summed E-state index contributed by atoms with van der Waals surface area (Å²) in [6.45, 7) is 7.60. The third kappa shape index (κ3) is 6.36. The molecule has 0 unspecified atom stereocenters. The second-order valence-electron chi connectivity index (χ2n) is 5.77. The second-order valence-corrected chi connectivity index (χ2v) is 7.14. The van der Waals surface area contributed by atoms with Gasteiger partial charge in [0.05, 0.1) is 12.6 Å². The van der Waals surface area contributed by atoms with Crippen molar-refractivity contribution in [1.29, 1.82) is 0 Å². The largest absolute Gasteiger partial charge is 0.378 e. The summed E-state index contributed by atoms with van der Waals surface area (Å²) in [5.74, 6) is 0.898. The van der Waals surface area contributed by atoms with Crippen molar-refractivity contribution in [2.45, 2.75) is 58.6 Å². The van der Waals surface area contributed by atoms with Crippen LogP contribution in [0.5, 0.6) is 0 Å². The highest BCUT2D eigenvalue weighted by atomic mass is 32.1. The van der Waals surface area contributed by atoms with Crippen LogP contribution in [0.1, 0.15) is 48.8 Å². The first-order chi connectivity index (χ1) is 10.8. The molecule has 5 heteroatoms. The van der Waals surface area contributed by atoms with Gasteiger partial charge in [-0.05, 0) is 45.2 Å². The van der Waals surface area contributed by atoms with E-state index in [1.54, 1.807) is 0 Å². The molecular weight excluding hydrogens is 294 g/mol. The summed E-state index contributed by atoms with van der Waals surface area (Å²) >= 11 is 1.81. The van der Waals surface area contributed by atoms with Crippen LogP contribution < -0.4 is 10.6 Å². The number of ether oxygens (including phenoxy) is 1. The Labute approximate surface area is 138 Å². The Bertz CT molecular complexity index is 453. The zero-order valence-corrected chi connectivity index (χ0v) is 14.7. The van der Waals surface area contributed by atoms with Gasteiger partial charge in [0, 0.05) is 29.5 Å². The molecule has 4 nitrogen and oxygen atoms in total. The Morgan fingerprint density at radius 3 is 2.82 bits per heavy atom. The van der Waals surface area contributed by atoms with Gasteiger partial charge >= 0.3 is 0 Å². The van der Waals surface area contributed by atoms with Crippen molar-refractivity contribution in [2.24, 2.45) is 4.99 Å². The zero-order valence-electron chi connectivity index (χ0n) is 13.9. The fourth-order valence-corrected chi connectivity index (χ4v) is 3.47. The summed E-state index contributed by atoms with van der Waals surface area (Å²) < 4.78 is 5.88. The van der Waals surface area contributed by atoms with Crippen molar-refractivity contribution in [3.63, 3.8) is 0 Å². The predicted molar refractivity (Wildman–Crippen MR) is 94.7 cm³/mol. The van der Waals surface area contributed by atoms with Gasteiger partial charge in [0.2, 0.25) is 0 Å². The van der Waals surface area contributed by atoms with E-state index in [0.717, 1.165) is 38.6 Å². The van der Waals surface area contributed by atoms with Crippen LogP contribution in [-0.4, -0.2) is 31.8 Å². The lowest BCUT2D eigenvalue weighted by molar-refractivity contribution is 0.0574. The summed E-state index contributed by atoms with van der Waals surface area (Å²) in [5, 5.41) is 6.68. The van der Waals surface area contributed by atoms with E-state index in [9.17, 15) is 0 Å². The third-order valence-electron chi connectivity index (χ3n) is 3.80. The Kier molecular flexibility index (Phi) is 7.74. The Morgan fingerprint density at radius 2 is 2.14 bits per heavy atom. The SMILES string of the molecule is CCNC(=NCc1ccc(C)s1)NCCCOC1CCCC1. The number of rotatable bonds is 8. The minimum atomic E-state index is 0.518. The Balaban J connectivity index is 1.64. The second kappa shape index (κ2) is 9.85. The molecule has 0 spiro atoms. The van der Waals surface area contributed by atoms with Crippen molar-refractivity contribution >= 4 is 17.3 Å². The fraction of sp³-hybridized carbons (Fsp3) is 0.706. The van der Waals surface area contributed by atoms with Crippen molar-refractivity contribution in [1.82, 2.24) is 10.6 Å². The minimum Gasteiger partial charge on any atom is -0.378 e. The molecule has 1 fully saturated rings. The molecular formula is C17H29N3OS. The number of nitrogens with zero attached hydrogens (tertiary/aromatic N) is 1. The van der Waals surface area contributed by atoms with E-state index in [-0.39, 0.29) is 0 Å². The van der Waals surface area contributed by atoms with Crippen LogP contribution in [0.3, 0.4) is 0 Å². The molecule has 2 rings (SSSR count). The highest BCUT2D eigenvalue weighted by Crippen LogP contribution is 2.20. The number of hydrogen-bond acceptors (Lipinski definition) is 3. The molecule has 0 amide bonds. The molecule has 1 saturated carbocycles. The first-order valence-corrected chi connectivity index (χ1v) is 9.28. The van der Waals surface area contributed by atoms with Gasteiger partial charge in [-0.1, -0.05) is 12.8 Å². The lowest BCUT2D eigenvalue weighted by atomic mass is 10.3. The van der Waals surface area contributed by atoms with Crippen LogP contribution in [0.15, 0.2) is 17.1 Å².